The van der Waals surface area contributed by atoms with Crippen LogP contribution in [0.2, 0.25) is 0 Å². The molecule has 1 aromatic carbocycles. The molecule has 1 N–H and O–H groups in total. The van der Waals surface area contributed by atoms with E-state index in [0.29, 0.717) is 6.04 Å². The molecule has 0 aliphatic carbocycles. The largest absolute Gasteiger partial charge is 0.493 e. The maximum atomic E-state index is 5.67. The summed E-state index contributed by atoms with van der Waals surface area (Å²) < 4.78 is 5.67. The zero-order chi connectivity index (χ0) is 12.8. The van der Waals surface area contributed by atoms with Crippen molar-refractivity contribution in [1.29, 1.82) is 0 Å². The number of ether oxygens (including phenoxy) is 1. The Labute approximate surface area is 110 Å². The van der Waals surface area contributed by atoms with E-state index in [0.717, 1.165) is 45.0 Å². The van der Waals surface area contributed by atoms with Crippen molar-refractivity contribution in [2.24, 2.45) is 0 Å². The third-order valence-corrected chi connectivity index (χ3v) is 3.67. The summed E-state index contributed by atoms with van der Waals surface area (Å²) >= 11 is 0. The zero-order valence-corrected chi connectivity index (χ0v) is 11.5. The van der Waals surface area contributed by atoms with Crippen LogP contribution in [0.15, 0.2) is 24.3 Å². The van der Waals surface area contributed by atoms with Gasteiger partial charge in [0, 0.05) is 31.1 Å². The Balaban J connectivity index is 1.87. The molecule has 0 aromatic heterocycles. The quantitative estimate of drug-likeness (QED) is 0.837. The van der Waals surface area contributed by atoms with Gasteiger partial charge in [0.15, 0.2) is 0 Å². The fourth-order valence-electron chi connectivity index (χ4n) is 2.49. The predicted octanol–water partition coefficient (Wildman–Crippen LogP) is 2.44. The van der Waals surface area contributed by atoms with Crippen molar-refractivity contribution in [3.8, 4) is 5.75 Å². The van der Waals surface area contributed by atoms with Crippen LogP contribution in [0.25, 0.3) is 0 Å². The van der Waals surface area contributed by atoms with Gasteiger partial charge >= 0.3 is 0 Å². The lowest BCUT2D eigenvalue weighted by Gasteiger charge is -2.28. The molecular formula is C15H24N2O. The van der Waals surface area contributed by atoms with Crippen molar-refractivity contribution in [3.05, 3.63) is 29.8 Å². The lowest BCUT2D eigenvalue weighted by Crippen LogP contribution is -2.35. The molecule has 100 valence electrons. The summed E-state index contributed by atoms with van der Waals surface area (Å²) in [6.07, 6.45) is 1.06. The lowest BCUT2D eigenvalue weighted by molar-refractivity contribution is 0.243. The third kappa shape index (κ3) is 3.24. The molecule has 1 aliphatic heterocycles. The first-order valence-electron chi connectivity index (χ1n) is 7.02. The monoisotopic (exact) mass is 248 g/mol. The first kappa shape index (κ1) is 13.4. The van der Waals surface area contributed by atoms with Crippen LogP contribution in [-0.2, 0) is 0 Å². The second-order valence-corrected chi connectivity index (χ2v) is 4.71. The van der Waals surface area contributed by atoms with Gasteiger partial charge in [0.25, 0.3) is 0 Å². The van der Waals surface area contributed by atoms with Crippen LogP contribution < -0.4 is 10.1 Å². The van der Waals surface area contributed by atoms with E-state index in [9.17, 15) is 0 Å². The maximum absolute atomic E-state index is 5.67. The molecule has 0 saturated carbocycles. The highest BCUT2D eigenvalue weighted by Crippen LogP contribution is 2.31. The molecule has 0 amide bonds. The van der Waals surface area contributed by atoms with Gasteiger partial charge in [0.1, 0.15) is 5.75 Å². The van der Waals surface area contributed by atoms with Gasteiger partial charge in [-0.25, -0.2) is 0 Å². The topological polar surface area (TPSA) is 24.5 Å². The fourth-order valence-corrected chi connectivity index (χ4v) is 2.49. The number of hydrogen-bond acceptors (Lipinski definition) is 3. The van der Waals surface area contributed by atoms with E-state index < -0.39 is 0 Å². The Morgan fingerprint density at radius 2 is 2.06 bits per heavy atom. The minimum atomic E-state index is 0.450. The number of nitrogens with one attached hydrogen (secondary N) is 1. The van der Waals surface area contributed by atoms with E-state index in [1.54, 1.807) is 0 Å². The number of hydrogen-bond donors (Lipinski definition) is 1. The fraction of sp³-hybridized carbons (Fsp3) is 0.600. The van der Waals surface area contributed by atoms with E-state index in [4.69, 9.17) is 4.74 Å². The van der Waals surface area contributed by atoms with Crippen LogP contribution in [0, 0.1) is 0 Å². The van der Waals surface area contributed by atoms with Gasteiger partial charge in [-0.05, 0) is 19.2 Å². The van der Waals surface area contributed by atoms with Gasteiger partial charge < -0.3 is 15.0 Å². The Morgan fingerprint density at radius 1 is 1.28 bits per heavy atom. The summed E-state index contributed by atoms with van der Waals surface area (Å²) in [7, 11) is 0. The third-order valence-electron chi connectivity index (χ3n) is 3.67. The van der Waals surface area contributed by atoms with Crippen LogP contribution in [-0.4, -0.2) is 37.7 Å². The lowest BCUT2D eigenvalue weighted by atomic mass is 10.0. The Morgan fingerprint density at radius 3 is 2.83 bits per heavy atom. The summed E-state index contributed by atoms with van der Waals surface area (Å²) in [4.78, 5) is 2.44. The number of fused-ring (bicyclic) bond motifs is 1. The minimum absolute atomic E-state index is 0.450. The molecule has 1 unspecified atom stereocenters. The SMILES string of the molecule is CCN(CC)CCNC1CCOc2ccccc21. The summed E-state index contributed by atoms with van der Waals surface area (Å²) in [5.41, 5.74) is 1.31. The first-order valence-corrected chi connectivity index (χ1v) is 7.02. The van der Waals surface area contributed by atoms with Crippen LogP contribution in [0.1, 0.15) is 31.9 Å². The average molecular weight is 248 g/mol. The van der Waals surface area contributed by atoms with Crippen LogP contribution in [0.4, 0.5) is 0 Å². The van der Waals surface area contributed by atoms with Crippen molar-refractivity contribution in [2.75, 3.05) is 32.8 Å². The summed E-state index contributed by atoms with van der Waals surface area (Å²) in [5.74, 6) is 1.05. The van der Waals surface area contributed by atoms with Crippen LogP contribution in [0.3, 0.4) is 0 Å². The van der Waals surface area contributed by atoms with Gasteiger partial charge in [0.2, 0.25) is 0 Å². The average Bonchev–Trinajstić information content (AvgIpc) is 2.44. The molecule has 0 radical (unpaired) electrons. The summed E-state index contributed by atoms with van der Waals surface area (Å²) in [5, 5.41) is 3.66. The Hall–Kier alpha value is -1.06. The standard InChI is InChI=1S/C15H24N2O/c1-3-17(4-2)11-10-16-14-9-12-18-15-8-6-5-7-13(14)15/h5-8,14,16H,3-4,9-12H2,1-2H3. The van der Waals surface area contributed by atoms with Crippen molar-refractivity contribution < 1.29 is 4.74 Å². The van der Waals surface area contributed by atoms with Gasteiger partial charge in [0.05, 0.1) is 6.61 Å². The normalized spacial score (nSPS) is 18.5. The van der Waals surface area contributed by atoms with Crippen molar-refractivity contribution in [3.63, 3.8) is 0 Å². The van der Waals surface area contributed by atoms with Crippen molar-refractivity contribution in [2.45, 2.75) is 26.3 Å². The molecule has 0 bridgehead atoms. The van der Waals surface area contributed by atoms with Crippen molar-refractivity contribution in [1.82, 2.24) is 10.2 Å². The molecule has 3 nitrogen and oxygen atoms in total. The Kier molecular flexibility index (Phi) is 5.02. The molecule has 1 aliphatic rings. The van der Waals surface area contributed by atoms with E-state index in [1.807, 2.05) is 6.07 Å². The summed E-state index contributed by atoms with van der Waals surface area (Å²) in [6.45, 7) is 9.67. The highest BCUT2D eigenvalue weighted by Gasteiger charge is 2.20. The number of benzene rings is 1. The molecule has 0 spiro atoms. The van der Waals surface area contributed by atoms with Gasteiger partial charge in [-0.2, -0.15) is 0 Å². The minimum Gasteiger partial charge on any atom is -0.493 e. The second-order valence-electron chi connectivity index (χ2n) is 4.71. The highest BCUT2D eigenvalue weighted by atomic mass is 16.5. The molecule has 1 aromatic rings. The van der Waals surface area contributed by atoms with Crippen molar-refractivity contribution >= 4 is 0 Å². The van der Waals surface area contributed by atoms with E-state index >= 15 is 0 Å². The smallest absolute Gasteiger partial charge is 0.124 e. The zero-order valence-electron chi connectivity index (χ0n) is 11.5. The maximum Gasteiger partial charge on any atom is 0.124 e. The van der Waals surface area contributed by atoms with Crippen LogP contribution >= 0.6 is 0 Å². The number of rotatable bonds is 6. The van der Waals surface area contributed by atoms with Crippen LogP contribution in [0.5, 0.6) is 5.75 Å². The summed E-state index contributed by atoms with van der Waals surface area (Å²) in [6, 6.07) is 8.81. The molecule has 0 saturated heterocycles. The predicted molar refractivity (Wildman–Crippen MR) is 75.1 cm³/mol. The molecule has 3 heteroatoms. The molecule has 18 heavy (non-hydrogen) atoms. The number of para-hydroxylation sites is 1. The molecule has 1 heterocycles. The highest BCUT2D eigenvalue weighted by molar-refractivity contribution is 5.37. The molecule has 2 rings (SSSR count). The first-order chi connectivity index (χ1) is 8.85. The molecular weight excluding hydrogens is 224 g/mol. The number of nitrogens with zero attached hydrogens (tertiary/aromatic N) is 1. The molecule has 1 atom stereocenters. The molecule has 0 fully saturated rings. The van der Waals surface area contributed by atoms with E-state index in [-0.39, 0.29) is 0 Å². The van der Waals surface area contributed by atoms with E-state index in [1.165, 1.54) is 5.56 Å². The number of likely N-dealkylation sites (N-methyl/N-ethyl adjacent to an activating group) is 1. The second kappa shape index (κ2) is 6.76. The van der Waals surface area contributed by atoms with Gasteiger partial charge in [-0.1, -0.05) is 32.0 Å². The van der Waals surface area contributed by atoms with Gasteiger partial charge in [-0.15, -0.1) is 0 Å². The van der Waals surface area contributed by atoms with Gasteiger partial charge in [-0.3, -0.25) is 0 Å². The Bertz CT molecular complexity index is 363. The van der Waals surface area contributed by atoms with E-state index in [2.05, 4.69) is 42.3 Å².